The molecule has 0 bridgehead atoms. The summed E-state index contributed by atoms with van der Waals surface area (Å²) in [7, 11) is 0. The van der Waals surface area contributed by atoms with E-state index in [0.29, 0.717) is 17.2 Å². The van der Waals surface area contributed by atoms with Crippen LogP contribution in [0.2, 0.25) is 0 Å². The molecule has 1 aromatic carbocycles. The second-order valence-corrected chi connectivity index (χ2v) is 7.44. The second kappa shape index (κ2) is 5.76. The molecule has 0 spiro atoms. The molecule has 128 valence electrons. The van der Waals surface area contributed by atoms with Crippen molar-refractivity contribution in [2.45, 2.75) is 24.9 Å². The lowest BCUT2D eigenvalue weighted by molar-refractivity contribution is 0.208. The Bertz CT molecular complexity index is 1150. The largest absolute Gasteiger partial charge is 0.380 e. The van der Waals surface area contributed by atoms with Gasteiger partial charge in [0.05, 0.1) is 35.4 Å². The highest BCUT2D eigenvalue weighted by Crippen LogP contribution is 2.47. The van der Waals surface area contributed by atoms with E-state index in [1.807, 2.05) is 16.7 Å². The van der Waals surface area contributed by atoms with Gasteiger partial charge in [0.25, 0.3) is 0 Å². The fourth-order valence-electron chi connectivity index (χ4n) is 3.11. The Morgan fingerprint density at radius 3 is 3.04 bits per heavy atom. The Kier molecular flexibility index (Phi) is 3.38. The highest BCUT2D eigenvalue weighted by Gasteiger charge is 2.33. The summed E-state index contributed by atoms with van der Waals surface area (Å²) >= 11 is 1.68. The molecule has 0 aliphatic heterocycles. The van der Waals surface area contributed by atoms with E-state index in [2.05, 4.69) is 21.4 Å². The Balaban J connectivity index is 1.55. The van der Waals surface area contributed by atoms with Crippen LogP contribution in [0.5, 0.6) is 0 Å². The molecule has 1 aliphatic carbocycles. The smallest absolute Gasteiger partial charge is 0.141 e. The standard InChI is InChI=1S/C18H14N6OS/c19-7-11-2-1-3-13(6-11)24-9-14(21-22-24)17(25)16-18(12-4-5-12)26-15-8-20-10-23(15)16/h1-3,6,8-10,12,17,25H,4-5H2/t17-/m0/s1. The van der Waals surface area contributed by atoms with Gasteiger partial charge < -0.3 is 5.11 Å². The molecule has 7 nitrogen and oxygen atoms in total. The first-order valence-electron chi connectivity index (χ1n) is 8.30. The summed E-state index contributed by atoms with van der Waals surface area (Å²) in [4.78, 5) is 6.41. The summed E-state index contributed by atoms with van der Waals surface area (Å²) < 4.78 is 3.52. The van der Waals surface area contributed by atoms with Gasteiger partial charge in [-0.1, -0.05) is 11.3 Å². The molecule has 0 amide bonds. The van der Waals surface area contributed by atoms with Crippen molar-refractivity contribution in [3.63, 3.8) is 0 Å². The van der Waals surface area contributed by atoms with Gasteiger partial charge in [-0.2, -0.15) is 5.26 Å². The van der Waals surface area contributed by atoms with Crippen LogP contribution in [0.25, 0.3) is 10.5 Å². The zero-order chi connectivity index (χ0) is 17.7. The van der Waals surface area contributed by atoms with E-state index >= 15 is 0 Å². The Morgan fingerprint density at radius 2 is 2.23 bits per heavy atom. The number of thiazole rings is 1. The van der Waals surface area contributed by atoms with Crippen molar-refractivity contribution in [2.75, 3.05) is 0 Å². The predicted octanol–water partition coefficient (Wildman–Crippen LogP) is 2.81. The quantitative estimate of drug-likeness (QED) is 0.603. The molecular weight excluding hydrogens is 348 g/mol. The maximum Gasteiger partial charge on any atom is 0.141 e. The van der Waals surface area contributed by atoms with Crippen LogP contribution in [-0.2, 0) is 0 Å². The summed E-state index contributed by atoms with van der Waals surface area (Å²) in [6.07, 6.45) is 6.70. The van der Waals surface area contributed by atoms with E-state index in [9.17, 15) is 5.11 Å². The monoisotopic (exact) mass is 362 g/mol. The number of aliphatic hydroxyl groups is 1. The second-order valence-electron chi connectivity index (χ2n) is 6.38. The maximum absolute atomic E-state index is 11.0. The summed E-state index contributed by atoms with van der Waals surface area (Å²) in [5.41, 5.74) is 2.59. The first-order valence-corrected chi connectivity index (χ1v) is 9.12. The number of imidazole rings is 1. The van der Waals surface area contributed by atoms with E-state index < -0.39 is 6.10 Å². The van der Waals surface area contributed by atoms with Gasteiger partial charge in [-0.3, -0.25) is 4.40 Å². The number of nitrogens with zero attached hydrogens (tertiary/aromatic N) is 6. The zero-order valence-corrected chi connectivity index (χ0v) is 14.5. The number of fused-ring (bicyclic) bond motifs is 1. The number of hydrogen-bond acceptors (Lipinski definition) is 6. The number of hydrogen-bond donors (Lipinski definition) is 1. The number of rotatable bonds is 4. The topological polar surface area (TPSA) is 92.0 Å². The van der Waals surface area contributed by atoms with Gasteiger partial charge in [-0.15, -0.1) is 16.4 Å². The van der Waals surface area contributed by atoms with Crippen molar-refractivity contribution in [3.05, 3.63) is 64.8 Å². The fraction of sp³-hybridized carbons (Fsp3) is 0.222. The van der Waals surface area contributed by atoms with Crippen molar-refractivity contribution in [1.82, 2.24) is 24.4 Å². The van der Waals surface area contributed by atoms with Crippen LogP contribution in [0.4, 0.5) is 0 Å². The summed E-state index contributed by atoms with van der Waals surface area (Å²) in [6, 6.07) is 9.23. The van der Waals surface area contributed by atoms with Crippen molar-refractivity contribution in [2.24, 2.45) is 0 Å². The molecule has 1 N–H and O–H groups in total. The van der Waals surface area contributed by atoms with Crippen LogP contribution in [0, 0.1) is 11.3 Å². The van der Waals surface area contributed by atoms with Crippen LogP contribution in [0.1, 0.15) is 46.7 Å². The average Bonchev–Trinajstić information content (AvgIpc) is 3.09. The Morgan fingerprint density at radius 1 is 1.35 bits per heavy atom. The molecule has 8 heteroatoms. The normalized spacial score (nSPS) is 15.2. The van der Waals surface area contributed by atoms with E-state index in [1.165, 1.54) is 4.88 Å². The molecule has 0 saturated heterocycles. The summed E-state index contributed by atoms with van der Waals surface area (Å²) in [5, 5.41) is 28.4. The van der Waals surface area contributed by atoms with Crippen LogP contribution in [0.15, 0.2) is 43.0 Å². The molecule has 0 unspecified atom stereocenters. The summed E-state index contributed by atoms with van der Waals surface area (Å²) in [5.74, 6) is 0.520. The van der Waals surface area contributed by atoms with Gasteiger partial charge in [0.2, 0.25) is 0 Å². The lowest BCUT2D eigenvalue weighted by Gasteiger charge is -2.09. The molecule has 5 rings (SSSR count). The van der Waals surface area contributed by atoms with Crippen molar-refractivity contribution in [3.8, 4) is 11.8 Å². The third kappa shape index (κ3) is 2.41. The summed E-state index contributed by atoms with van der Waals surface area (Å²) in [6.45, 7) is 0. The van der Waals surface area contributed by atoms with Gasteiger partial charge in [0.15, 0.2) is 0 Å². The Hall–Kier alpha value is -3.02. The van der Waals surface area contributed by atoms with E-state index in [-0.39, 0.29) is 0 Å². The number of nitriles is 1. The molecule has 0 radical (unpaired) electrons. The van der Waals surface area contributed by atoms with Crippen molar-refractivity contribution >= 4 is 16.2 Å². The van der Waals surface area contributed by atoms with Crippen LogP contribution >= 0.6 is 11.3 Å². The van der Waals surface area contributed by atoms with Crippen LogP contribution in [0.3, 0.4) is 0 Å². The van der Waals surface area contributed by atoms with Crippen LogP contribution < -0.4 is 0 Å². The SMILES string of the molecule is N#Cc1cccc(-n2cc([C@H](O)c3c(C4CC4)sc4cncn34)nn2)c1. The number of benzene rings is 1. The minimum Gasteiger partial charge on any atom is -0.380 e. The van der Waals surface area contributed by atoms with Crippen molar-refractivity contribution in [1.29, 1.82) is 5.26 Å². The first-order chi connectivity index (χ1) is 12.7. The molecule has 1 atom stereocenters. The van der Waals surface area contributed by atoms with Crippen molar-refractivity contribution < 1.29 is 5.11 Å². The maximum atomic E-state index is 11.0. The highest BCUT2D eigenvalue weighted by atomic mass is 32.1. The lowest BCUT2D eigenvalue weighted by Crippen LogP contribution is -2.06. The molecule has 3 aromatic heterocycles. The average molecular weight is 362 g/mol. The molecule has 1 fully saturated rings. The lowest BCUT2D eigenvalue weighted by atomic mass is 10.1. The molecular formula is C18H14N6OS. The highest BCUT2D eigenvalue weighted by molar-refractivity contribution is 7.17. The molecule has 4 aromatic rings. The van der Waals surface area contributed by atoms with Gasteiger partial charge in [-0.25, -0.2) is 9.67 Å². The predicted molar refractivity (Wildman–Crippen MR) is 95.2 cm³/mol. The van der Waals surface area contributed by atoms with E-state index in [1.54, 1.807) is 46.7 Å². The third-order valence-electron chi connectivity index (χ3n) is 4.57. The Labute approximate surface area is 152 Å². The van der Waals surface area contributed by atoms with Gasteiger partial charge >= 0.3 is 0 Å². The molecule has 1 saturated carbocycles. The number of aliphatic hydroxyl groups excluding tert-OH is 1. The van der Waals surface area contributed by atoms with E-state index in [4.69, 9.17) is 5.26 Å². The minimum atomic E-state index is -0.874. The van der Waals surface area contributed by atoms with Gasteiger partial charge in [0, 0.05) is 4.88 Å². The first kappa shape index (κ1) is 15.3. The van der Waals surface area contributed by atoms with E-state index in [0.717, 1.165) is 29.1 Å². The van der Waals surface area contributed by atoms with Gasteiger partial charge in [-0.05, 0) is 37.0 Å². The molecule has 26 heavy (non-hydrogen) atoms. The fourth-order valence-corrected chi connectivity index (χ4v) is 4.41. The minimum absolute atomic E-state index is 0.475. The number of aromatic nitrogens is 5. The molecule has 3 heterocycles. The van der Waals surface area contributed by atoms with Crippen LogP contribution in [-0.4, -0.2) is 29.5 Å². The zero-order valence-electron chi connectivity index (χ0n) is 13.6. The molecule has 1 aliphatic rings. The van der Waals surface area contributed by atoms with Gasteiger partial charge in [0.1, 0.15) is 23.0 Å². The third-order valence-corrected chi connectivity index (χ3v) is 5.84.